The van der Waals surface area contributed by atoms with E-state index in [9.17, 15) is 38.1 Å². The second-order valence-corrected chi connectivity index (χ2v) is 30.0. The molecule has 554 valence electrons. The summed E-state index contributed by atoms with van der Waals surface area (Å²) in [4.78, 5) is 72.7. The van der Waals surface area contributed by atoms with Gasteiger partial charge in [-0.1, -0.05) is 251 Å². The van der Waals surface area contributed by atoms with E-state index in [1.165, 1.54) is 142 Å². The van der Waals surface area contributed by atoms with Gasteiger partial charge in [0.15, 0.2) is 12.2 Å². The Bertz CT molecular complexity index is 1940. The Balaban J connectivity index is 4.92. The lowest BCUT2D eigenvalue weighted by Gasteiger charge is -2.25. The molecule has 0 aromatic heterocycles. The number of phosphoric acid groups is 2. The van der Waals surface area contributed by atoms with Crippen molar-refractivity contribution < 1.29 is 79.6 Å². The van der Waals surface area contributed by atoms with E-state index in [1.807, 2.05) is 21.1 Å². The van der Waals surface area contributed by atoms with Gasteiger partial charge in [0.1, 0.15) is 19.8 Å². The summed E-state index contributed by atoms with van der Waals surface area (Å²) < 4.78 is 69.7. The molecule has 0 aliphatic heterocycles. The summed E-state index contributed by atoms with van der Waals surface area (Å²) in [7, 11) is -3.44. The smallest absolute Gasteiger partial charge is 0.462 e. The predicted octanol–water partition coefficient (Wildman–Crippen LogP) is 20.1. The van der Waals surface area contributed by atoms with E-state index < -0.39 is 64.6 Å². The van der Waals surface area contributed by atoms with E-state index in [1.54, 1.807) is 0 Å². The third-order valence-corrected chi connectivity index (χ3v) is 18.6. The van der Waals surface area contributed by atoms with Crippen LogP contribution in [-0.4, -0.2) is 124 Å². The molecule has 0 radical (unpaired) electrons. The summed E-state index contributed by atoms with van der Waals surface area (Å²) in [6.45, 7) is 8.58. The molecule has 0 saturated heterocycles. The summed E-state index contributed by atoms with van der Waals surface area (Å²) in [5, 5.41) is 3.21. The first-order valence-corrected chi connectivity index (χ1v) is 41.1. The van der Waals surface area contributed by atoms with Crippen LogP contribution in [0.15, 0.2) is 24.3 Å². The average molecular weight is 1380 g/mol. The Morgan fingerprint density at radius 1 is 0.394 bits per heavy atom. The van der Waals surface area contributed by atoms with Crippen LogP contribution < -0.4 is 5.32 Å². The second-order valence-electron chi connectivity index (χ2n) is 27.1. The summed E-state index contributed by atoms with van der Waals surface area (Å²) in [6.07, 6.45) is 55.6. The van der Waals surface area contributed by atoms with Gasteiger partial charge >= 0.3 is 39.5 Å². The highest BCUT2D eigenvalue weighted by atomic mass is 31.2. The largest absolute Gasteiger partial charge is 0.475 e. The average Bonchev–Trinajstić information content (AvgIpc) is 0.979. The number of nitrogens with zero attached hydrogens (tertiary/aromatic N) is 1. The number of ether oxygens (including phenoxy) is 4. The fourth-order valence-corrected chi connectivity index (χ4v) is 12.3. The number of likely N-dealkylation sites (N-methyl/N-ethyl adjacent to an activating group) is 1. The normalized spacial score (nSPS) is 14.3. The molecule has 5 atom stereocenters. The fourth-order valence-electron chi connectivity index (χ4n) is 10.7. The minimum absolute atomic E-state index is 0.0195. The van der Waals surface area contributed by atoms with E-state index >= 15 is 0 Å². The molecule has 0 amide bonds. The number of hydrogen-bond donors (Lipinski definition) is 3. The van der Waals surface area contributed by atoms with Crippen molar-refractivity contribution in [2.24, 2.45) is 0 Å². The van der Waals surface area contributed by atoms with Crippen molar-refractivity contribution in [3.8, 4) is 0 Å². The van der Waals surface area contributed by atoms with Gasteiger partial charge in [-0.15, -0.1) is 0 Å². The molecule has 0 aromatic rings. The van der Waals surface area contributed by atoms with Crippen LogP contribution in [0, 0.1) is 0 Å². The number of esters is 4. The molecule has 4 unspecified atom stereocenters. The number of quaternary nitrogens is 1. The van der Waals surface area contributed by atoms with Crippen LogP contribution in [0.3, 0.4) is 0 Å². The Hall–Kier alpha value is -2.50. The molecule has 0 saturated carbocycles. The third-order valence-electron chi connectivity index (χ3n) is 16.6. The molecule has 94 heavy (non-hydrogen) atoms. The molecular weight excluding hydrogens is 1230 g/mol. The molecule has 3 N–H and O–H groups in total. The van der Waals surface area contributed by atoms with Gasteiger partial charge < -0.3 is 38.5 Å². The minimum atomic E-state index is -4.76. The van der Waals surface area contributed by atoms with Gasteiger partial charge in [-0.2, -0.15) is 0 Å². The highest BCUT2D eigenvalue weighted by Crippen LogP contribution is 2.46. The number of allylic oxidation sites excluding steroid dienone is 4. The number of nitrogens with one attached hydrogen (secondary N) is 1. The Morgan fingerprint density at radius 2 is 0.734 bits per heavy atom. The summed E-state index contributed by atoms with van der Waals surface area (Å²) in [5.74, 6) is -2.06. The van der Waals surface area contributed by atoms with Gasteiger partial charge in [0.25, 0.3) is 0 Å². The van der Waals surface area contributed by atoms with Crippen molar-refractivity contribution in [2.75, 3.05) is 67.2 Å². The van der Waals surface area contributed by atoms with Crippen molar-refractivity contribution in [1.29, 1.82) is 0 Å². The predicted molar refractivity (Wildman–Crippen MR) is 382 cm³/mol. The molecule has 0 rings (SSSR count). The Labute approximate surface area is 574 Å². The molecule has 0 bridgehead atoms. The molecule has 0 heterocycles. The molecule has 18 nitrogen and oxygen atoms in total. The molecule has 20 heteroatoms. The maximum atomic E-state index is 13.2. The number of phosphoric ester groups is 2. The number of unbranched alkanes of at least 4 members (excludes halogenated alkanes) is 39. The topological polar surface area (TPSA) is 229 Å². The Kier molecular flexibility index (Phi) is 63.4. The van der Waals surface area contributed by atoms with Crippen LogP contribution >= 0.6 is 15.6 Å². The molecule has 0 aliphatic carbocycles. The summed E-state index contributed by atoms with van der Waals surface area (Å²) >= 11 is 0. The van der Waals surface area contributed by atoms with Gasteiger partial charge in [0.2, 0.25) is 6.29 Å². The maximum absolute atomic E-state index is 13.2. The van der Waals surface area contributed by atoms with Gasteiger partial charge in [-0.05, 0) is 96.9 Å². The zero-order chi connectivity index (χ0) is 69.3. The van der Waals surface area contributed by atoms with Crippen LogP contribution in [0.4, 0.5) is 0 Å². The Morgan fingerprint density at radius 3 is 1.14 bits per heavy atom. The molecular formula is C74H143N2O16P2+. The molecule has 0 spiro atoms. The van der Waals surface area contributed by atoms with E-state index in [2.05, 4.69) is 50.4 Å². The quantitative estimate of drug-likeness (QED) is 0.00978. The van der Waals surface area contributed by atoms with Gasteiger partial charge in [0, 0.05) is 32.2 Å². The van der Waals surface area contributed by atoms with Crippen molar-refractivity contribution in [3.05, 3.63) is 24.3 Å². The minimum Gasteiger partial charge on any atom is -0.462 e. The standard InChI is InChI=1S/C74H142N2O16P2/c1-8-11-14-17-20-23-26-29-31-34-37-40-43-48-53-58-71(78)89-68(4)74(91-73(80)60-55-49-44-41-38-35-32-30-27-24-21-18-15-12-9-2)92-94(83,84)86-64-62-75-61-56-51-46-45-50-54-59-72(79)90-69(67-88-93(81,82)87-65-63-76(5,6)7)66-85-70(77)57-52-47-42-39-36-33-28-25-22-19-16-13-10-3/h29-32,68-69,74-75H,8-28,33-67H2,1-7H3,(H-,81,82,83,84)/p+1/b31-29-,32-30+/t68?,69-,74?/m1/s1. The molecule has 0 aliphatic rings. The van der Waals surface area contributed by atoms with E-state index in [0.717, 1.165) is 128 Å². The van der Waals surface area contributed by atoms with Gasteiger partial charge in [-0.25, -0.2) is 13.7 Å². The SMILES string of the molecule is CCCCCCCC/C=C\CCCCCCCC(=O)OC(C)C(OC(=O)CCCCCCC/C=C/CCCCCCCC)OP(=O)(O)OCCNCCCCCCCCC(=O)O[C@H](COC(=O)CCCCCCCCCCCCCCC)COP(=O)(O)OCC[N+](C)(C)C. The second kappa shape index (κ2) is 65.1. The van der Waals surface area contributed by atoms with Crippen molar-refractivity contribution in [2.45, 2.75) is 361 Å². The fraction of sp³-hybridized carbons (Fsp3) is 0.892. The lowest BCUT2D eigenvalue weighted by Crippen LogP contribution is -2.37. The van der Waals surface area contributed by atoms with Gasteiger partial charge in [-0.3, -0.25) is 32.7 Å². The lowest BCUT2D eigenvalue weighted by atomic mass is 10.0. The van der Waals surface area contributed by atoms with E-state index in [4.69, 9.17) is 37.0 Å². The van der Waals surface area contributed by atoms with Crippen LogP contribution in [-0.2, 0) is 65.4 Å². The number of hydrogen-bond acceptors (Lipinski definition) is 15. The van der Waals surface area contributed by atoms with Crippen molar-refractivity contribution >= 4 is 39.5 Å². The van der Waals surface area contributed by atoms with E-state index in [-0.39, 0.29) is 52.0 Å². The highest BCUT2D eigenvalue weighted by molar-refractivity contribution is 7.47. The first-order valence-electron chi connectivity index (χ1n) is 38.2. The van der Waals surface area contributed by atoms with Crippen molar-refractivity contribution in [1.82, 2.24) is 5.32 Å². The molecule has 0 fully saturated rings. The summed E-state index contributed by atoms with van der Waals surface area (Å²) in [6, 6.07) is 0. The number of rotatable bonds is 72. The number of carbonyl (C=O) groups is 4. The first kappa shape index (κ1) is 91.5. The summed E-state index contributed by atoms with van der Waals surface area (Å²) in [5.41, 5.74) is 0. The zero-order valence-electron chi connectivity index (χ0n) is 61.1. The van der Waals surface area contributed by atoms with Crippen LogP contribution in [0.1, 0.15) is 342 Å². The first-order chi connectivity index (χ1) is 45.3. The number of carbonyl (C=O) groups excluding carboxylic acids is 4. The van der Waals surface area contributed by atoms with Crippen molar-refractivity contribution in [3.63, 3.8) is 0 Å². The lowest BCUT2D eigenvalue weighted by molar-refractivity contribution is -0.870. The van der Waals surface area contributed by atoms with Crippen LogP contribution in [0.5, 0.6) is 0 Å². The van der Waals surface area contributed by atoms with Crippen LogP contribution in [0.25, 0.3) is 0 Å². The zero-order valence-corrected chi connectivity index (χ0v) is 62.9. The molecule has 0 aromatic carbocycles. The van der Waals surface area contributed by atoms with E-state index in [0.29, 0.717) is 43.3 Å². The van der Waals surface area contributed by atoms with Gasteiger partial charge in [0.05, 0.1) is 34.4 Å². The highest BCUT2D eigenvalue weighted by Gasteiger charge is 2.35. The monoisotopic (exact) mass is 1380 g/mol. The van der Waals surface area contributed by atoms with Crippen LogP contribution in [0.2, 0.25) is 0 Å². The maximum Gasteiger partial charge on any atom is 0.475 e. The third kappa shape index (κ3) is 66.7.